The summed E-state index contributed by atoms with van der Waals surface area (Å²) >= 11 is 7.39. The Hall–Kier alpha value is -1.88. The highest BCUT2D eigenvalue weighted by molar-refractivity contribution is 8.14. The highest BCUT2D eigenvalue weighted by Crippen LogP contribution is 2.60. The van der Waals surface area contributed by atoms with Crippen LogP contribution in [0.5, 0.6) is 0 Å². The van der Waals surface area contributed by atoms with Crippen LogP contribution in [0.15, 0.2) is 97.6 Å². The Morgan fingerprint density at radius 3 is 1.68 bits per heavy atom. The largest absolute Gasteiger partial charge is 0.210 e. The first kappa shape index (κ1) is 17.9. The van der Waals surface area contributed by atoms with E-state index in [1.165, 1.54) is 21.5 Å². The van der Waals surface area contributed by atoms with Gasteiger partial charge in [0.2, 0.25) is 6.62 Å². The molecule has 3 rings (SSSR count). The molecule has 0 amide bonds. The van der Waals surface area contributed by atoms with E-state index in [0.717, 1.165) is 19.3 Å². The number of aryl methyl sites for hydroxylation is 1. The summed E-state index contributed by atoms with van der Waals surface area (Å²) < 4.78 is 0. The fourth-order valence-electron chi connectivity index (χ4n) is 3.03. The highest BCUT2D eigenvalue weighted by atomic mass is 35.7. The number of allylic oxidation sites excluding steroid dienone is 1. The van der Waals surface area contributed by atoms with Crippen LogP contribution in [0.4, 0.5) is 0 Å². The predicted molar refractivity (Wildman–Crippen MR) is 114 cm³/mol. The van der Waals surface area contributed by atoms with Crippen LogP contribution in [0.3, 0.4) is 0 Å². The number of hydrogen-bond donors (Lipinski definition) is 0. The Labute approximate surface area is 156 Å². The van der Waals surface area contributed by atoms with Gasteiger partial charge in [0.15, 0.2) is 0 Å². The summed E-state index contributed by atoms with van der Waals surface area (Å²) in [6, 6.07) is 29.8. The van der Waals surface area contributed by atoms with Gasteiger partial charge in [-0.3, -0.25) is 0 Å². The minimum atomic E-state index is -2.12. The molecular formula is C23H23ClP+. The molecule has 0 saturated carbocycles. The maximum absolute atomic E-state index is 7.39. The van der Waals surface area contributed by atoms with Gasteiger partial charge in [0, 0.05) is 0 Å². The van der Waals surface area contributed by atoms with Crippen LogP contribution in [0.25, 0.3) is 0 Å². The number of hydrogen-bond acceptors (Lipinski definition) is 0. The van der Waals surface area contributed by atoms with Crippen molar-refractivity contribution in [3.05, 3.63) is 103 Å². The normalized spacial score (nSPS) is 11.2. The maximum Gasteiger partial charge on any atom is 0.210 e. The molecule has 0 saturated heterocycles. The maximum atomic E-state index is 7.39. The van der Waals surface area contributed by atoms with Crippen molar-refractivity contribution in [2.75, 3.05) is 0 Å². The minimum absolute atomic E-state index is 1.06. The van der Waals surface area contributed by atoms with Gasteiger partial charge in [0.25, 0.3) is 0 Å². The third kappa shape index (κ3) is 4.03. The van der Waals surface area contributed by atoms with Crippen LogP contribution >= 0.6 is 17.9 Å². The first-order chi connectivity index (χ1) is 12.2. The van der Waals surface area contributed by atoms with E-state index in [1.54, 1.807) is 0 Å². The molecule has 0 N–H and O–H groups in total. The lowest BCUT2D eigenvalue weighted by Crippen LogP contribution is -2.27. The monoisotopic (exact) mass is 365 g/mol. The van der Waals surface area contributed by atoms with Gasteiger partial charge in [-0.25, -0.2) is 0 Å². The van der Waals surface area contributed by atoms with Gasteiger partial charge < -0.3 is 0 Å². The molecule has 0 atom stereocenters. The molecule has 0 aliphatic rings. The summed E-state index contributed by atoms with van der Waals surface area (Å²) in [6.07, 6.45) is 5.26. The van der Waals surface area contributed by atoms with Crippen molar-refractivity contribution in [2.24, 2.45) is 0 Å². The van der Waals surface area contributed by atoms with Gasteiger partial charge in [-0.05, 0) is 61.2 Å². The van der Waals surface area contributed by atoms with Gasteiger partial charge >= 0.3 is 0 Å². The second kappa shape index (κ2) is 8.48. The van der Waals surface area contributed by atoms with Gasteiger partial charge in [0.05, 0.1) is 0 Å². The number of benzene rings is 3. The van der Waals surface area contributed by atoms with Crippen LogP contribution in [-0.4, -0.2) is 0 Å². The molecule has 0 nitrogen and oxygen atoms in total. The average Bonchev–Trinajstić information content (AvgIpc) is 2.69. The van der Waals surface area contributed by atoms with Crippen molar-refractivity contribution in [2.45, 2.75) is 19.3 Å². The fraction of sp³-hybridized carbons (Fsp3) is 0.130. The summed E-state index contributed by atoms with van der Waals surface area (Å²) in [5.74, 6) is 0. The predicted octanol–water partition coefficient (Wildman–Crippen LogP) is 5.64. The zero-order valence-electron chi connectivity index (χ0n) is 14.3. The first-order valence-corrected chi connectivity index (χ1v) is 11.3. The number of halogens is 1. The second-order valence-corrected chi connectivity index (χ2v) is 10.4. The van der Waals surface area contributed by atoms with Crippen molar-refractivity contribution < 1.29 is 0 Å². The quantitative estimate of drug-likeness (QED) is 0.288. The van der Waals surface area contributed by atoms with Gasteiger partial charge in [0.1, 0.15) is 27.2 Å². The molecule has 3 aromatic carbocycles. The van der Waals surface area contributed by atoms with Crippen molar-refractivity contribution in [1.29, 1.82) is 0 Å². The third-order valence-electron chi connectivity index (χ3n) is 4.39. The SMILES string of the molecule is C=CCCCc1ccc([P+](Cl)(c2ccccc2)c2ccccc2)cc1. The summed E-state index contributed by atoms with van der Waals surface area (Å²) in [6.45, 7) is 1.67. The lowest BCUT2D eigenvalue weighted by molar-refractivity contribution is 0.844. The van der Waals surface area contributed by atoms with E-state index in [2.05, 4.69) is 79.4 Å². The molecule has 2 heteroatoms. The van der Waals surface area contributed by atoms with Crippen LogP contribution in [0.2, 0.25) is 0 Å². The first-order valence-electron chi connectivity index (χ1n) is 8.65. The molecule has 0 unspecified atom stereocenters. The second-order valence-electron chi connectivity index (χ2n) is 6.11. The summed E-state index contributed by atoms with van der Waals surface area (Å²) in [7, 11) is 0. The summed E-state index contributed by atoms with van der Waals surface area (Å²) in [5.41, 5.74) is 1.36. The Morgan fingerprint density at radius 1 is 0.720 bits per heavy atom. The minimum Gasteiger partial charge on any atom is -0.103 e. The van der Waals surface area contributed by atoms with E-state index in [0.29, 0.717) is 0 Å². The smallest absolute Gasteiger partial charge is 0.103 e. The molecule has 0 heterocycles. The lowest BCUT2D eigenvalue weighted by atomic mass is 10.1. The average molecular weight is 366 g/mol. The molecule has 126 valence electrons. The number of unbranched alkanes of at least 4 members (excludes halogenated alkanes) is 1. The van der Waals surface area contributed by atoms with E-state index < -0.39 is 6.62 Å². The van der Waals surface area contributed by atoms with E-state index >= 15 is 0 Å². The Morgan fingerprint density at radius 2 is 1.20 bits per heavy atom. The Kier molecular flexibility index (Phi) is 6.08. The van der Waals surface area contributed by atoms with Crippen molar-refractivity contribution in [3.8, 4) is 0 Å². The fourth-order valence-corrected chi connectivity index (χ4v) is 6.67. The van der Waals surface area contributed by atoms with Gasteiger partial charge in [-0.1, -0.05) is 54.6 Å². The molecule has 3 aromatic rings. The van der Waals surface area contributed by atoms with E-state index in [4.69, 9.17) is 11.2 Å². The van der Waals surface area contributed by atoms with Crippen LogP contribution in [0, 0.1) is 0 Å². The summed E-state index contributed by atoms with van der Waals surface area (Å²) in [4.78, 5) is 0. The van der Waals surface area contributed by atoms with Crippen molar-refractivity contribution >= 4 is 33.8 Å². The molecule has 0 aliphatic carbocycles. The van der Waals surface area contributed by atoms with Crippen LogP contribution in [-0.2, 0) is 6.42 Å². The zero-order chi connectivity index (χ0) is 17.5. The molecule has 0 fully saturated rings. The van der Waals surface area contributed by atoms with Gasteiger partial charge in [-0.2, -0.15) is 0 Å². The molecular weight excluding hydrogens is 343 g/mol. The topological polar surface area (TPSA) is 0 Å². The zero-order valence-corrected chi connectivity index (χ0v) is 16.0. The molecule has 0 bridgehead atoms. The summed E-state index contributed by atoms with van der Waals surface area (Å²) in [5, 5.41) is 3.60. The Bertz CT molecular complexity index is 755. The van der Waals surface area contributed by atoms with Gasteiger partial charge in [-0.15, -0.1) is 6.58 Å². The third-order valence-corrected chi connectivity index (χ3v) is 9.18. The standard InChI is InChI=1S/C23H23ClP/c1-2-3-6-11-20-16-18-23(19-17-20)25(24,21-12-7-4-8-13-21)22-14-9-5-10-15-22/h2,4-5,7-10,12-19H,1,3,6,11H2/q+1. The number of rotatable bonds is 7. The molecule has 0 spiro atoms. The molecule has 25 heavy (non-hydrogen) atoms. The Balaban J connectivity index is 2.00. The van der Waals surface area contributed by atoms with Crippen molar-refractivity contribution in [1.82, 2.24) is 0 Å². The van der Waals surface area contributed by atoms with E-state index in [-0.39, 0.29) is 0 Å². The van der Waals surface area contributed by atoms with E-state index in [1.807, 2.05) is 18.2 Å². The highest BCUT2D eigenvalue weighted by Gasteiger charge is 2.44. The van der Waals surface area contributed by atoms with Crippen LogP contribution < -0.4 is 15.9 Å². The molecule has 0 radical (unpaired) electrons. The lowest BCUT2D eigenvalue weighted by Gasteiger charge is -2.19. The van der Waals surface area contributed by atoms with Crippen molar-refractivity contribution in [3.63, 3.8) is 0 Å². The van der Waals surface area contributed by atoms with E-state index in [9.17, 15) is 0 Å². The van der Waals surface area contributed by atoms with Crippen LogP contribution in [0.1, 0.15) is 18.4 Å². The molecule has 0 aromatic heterocycles. The molecule has 0 aliphatic heterocycles.